The molecule has 60 valence electrons. The molecule has 0 aromatic rings. The Hall–Kier alpha value is -0.570. The second-order valence-electron chi connectivity index (χ2n) is 3.08. The van der Waals surface area contributed by atoms with Crippen molar-refractivity contribution in [3.8, 4) is 0 Å². The average molecular weight is 146 g/mol. The van der Waals surface area contributed by atoms with Crippen molar-refractivity contribution >= 4 is 5.97 Å². The van der Waals surface area contributed by atoms with Crippen molar-refractivity contribution in [2.75, 3.05) is 0 Å². The minimum atomic E-state index is -1.08. The van der Waals surface area contributed by atoms with E-state index in [0.717, 1.165) is 0 Å². The normalized spacial score (nSPS) is 16.9. The largest absolute Gasteiger partial charge is 0.481 e. The number of carbonyl (C=O) groups is 1. The minimum absolute atomic E-state index is 0.0244. The van der Waals surface area contributed by atoms with Crippen LogP contribution < -0.4 is 0 Å². The van der Waals surface area contributed by atoms with Crippen LogP contribution in [-0.4, -0.2) is 21.8 Å². The van der Waals surface area contributed by atoms with Crippen molar-refractivity contribution in [3.05, 3.63) is 0 Å². The predicted octanol–water partition coefficient (Wildman–Crippen LogP) is 0.868. The Morgan fingerprint density at radius 1 is 1.60 bits per heavy atom. The predicted molar refractivity (Wildman–Crippen MR) is 37.7 cm³/mol. The van der Waals surface area contributed by atoms with E-state index >= 15 is 0 Å². The molecule has 0 heterocycles. The summed E-state index contributed by atoms with van der Waals surface area (Å²) in [4.78, 5) is 10.2. The maximum absolute atomic E-state index is 10.2. The first-order valence-corrected chi connectivity index (χ1v) is 3.30. The van der Waals surface area contributed by atoms with E-state index in [1.807, 2.05) is 0 Å². The van der Waals surface area contributed by atoms with Crippen LogP contribution in [0.15, 0.2) is 0 Å². The molecule has 0 radical (unpaired) electrons. The Morgan fingerprint density at radius 2 is 2.00 bits per heavy atom. The van der Waals surface area contributed by atoms with Gasteiger partial charge in [0, 0.05) is 0 Å². The summed E-state index contributed by atoms with van der Waals surface area (Å²) in [5.41, 5.74) is -1.08. The molecule has 0 aliphatic rings. The lowest BCUT2D eigenvalue weighted by Crippen LogP contribution is -2.33. The SMILES string of the molecule is CC(C)[C@](C)(O)CC(=O)O. The van der Waals surface area contributed by atoms with Crippen LogP contribution in [0.4, 0.5) is 0 Å². The highest BCUT2D eigenvalue weighted by Gasteiger charge is 2.27. The highest BCUT2D eigenvalue weighted by atomic mass is 16.4. The lowest BCUT2D eigenvalue weighted by molar-refractivity contribution is -0.143. The summed E-state index contributed by atoms with van der Waals surface area (Å²) < 4.78 is 0. The molecule has 3 heteroatoms. The topological polar surface area (TPSA) is 57.5 Å². The third-order valence-corrected chi connectivity index (χ3v) is 1.75. The summed E-state index contributed by atoms with van der Waals surface area (Å²) in [6.45, 7) is 5.12. The monoisotopic (exact) mass is 146 g/mol. The van der Waals surface area contributed by atoms with E-state index in [2.05, 4.69) is 0 Å². The quantitative estimate of drug-likeness (QED) is 0.621. The Labute approximate surface area is 60.7 Å². The fraction of sp³-hybridized carbons (Fsp3) is 0.857. The molecule has 0 aromatic heterocycles. The molecule has 3 nitrogen and oxygen atoms in total. The summed E-state index contributed by atoms with van der Waals surface area (Å²) in [6, 6.07) is 0. The van der Waals surface area contributed by atoms with Crippen LogP contribution in [0.5, 0.6) is 0 Å². The summed E-state index contributed by atoms with van der Waals surface area (Å²) in [5.74, 6) is -0.984. The zero-order valence-electron chi connectivity index (χ0n) is 6.59. The van der Waals surface area contributed by atoms with Crippen LogP contribution in [0.25, 0.3) is 0 Å². The van der Waals surface area contributed by atoms with Gasteiger partial charge in [-0.25, -0.2) is 0 Å². The Bertz CT molecular complexity index is 127. The van der Waals surface area contributed by atoms with Crippen molar-refractivity contribution in [1.29, 1.82) is 0 Å². The number of hydrogen-bond donors (Lipinski definition) is 2. The number of hydrogen-bond acceptors (Lipinski definition) is 2. The molecule has 0 aliphatic heterocycles. The number of carboxylic acids is 1. The Kier molecular flexibility index (Phi) is 2.84. The second kappa shape index (κ2) is 3.01. The first-order chi connectivity index (χ1) is 4.36. The number of carboxylic acid groups (broad SMARTS) is 1. The van der Waals surface area contributed by atoms with E-state index in [-0.39, 0.29) is 12.3 Å². The Balaban J connectivity index is 3.99. The number of aliphatic carboxylic acids is 1. The first-order valence-electron chi connectivity index (χ1n) is 3.30. The molecule has 0 spiro atoms. The van der Waals surface area contributed by atoms with Crippen LogP contribution in [0.2, 0.25) is 0 Å². The first kappa shape index (κ1) is 9.43. The summed E-state index contributed by atoms with van der Waals surface area (Å²) in [5, 5.41) is 17.7. The van der Waals surface area contributed by atoms with Gasteiger partial charge in [0.15, 0.2) is 0 Å². The smallest absolute Gasteiger partial charge is 0.306 e. The second-order valence-corrected chi connectivity index (χ2v) is 3.08. The molecule has 0 bridgehead atoms. The van der Waals surface area contributed by atoms with Gasteiger partial charge >= 0.3 is 5.97 Å². The van der Waals surface area contributed by atoms with E-state index in [1.165, 1.54) is 6.92 Å². The molecule has 0 rings (SSSR count). The van der Waals surface area contributed by atoms with Crippen molar-refractivity contribution in [2.45, 2.75) is 32.8 Å². The third kappa shape index (κ3) is 2.82. The van der Waals surface area contributed by atoms with Crippen molar-refractivity contribution in [2.24, 2.45) is 5.92 Å². The fourth-order valence-corrected chi connectivity index (χ4v) is 0.510. The third-order valence-electron chi connectivity index (χ3n) is 1.75. The number of aliphatic hydroxyl groups is 1. The highest BCUT2D eigenvalue weighted by Crippen LogP contribution is 2.19. The van der Waals surface area contributed by atoms with Gasteiger partial charge in [-0.15, -0.1) is 0 Å². The van der Waals surface area contributed by atoms with Crippen molar-refractivity contribution in [1.82, 2.24) is 0 Å². The molecule has 0 saturated carbocycles. The fourth-order valence-electron chi connectivity index (χ4n) is 0.510. The molecule has 2 N–H and O–H groups in total. The van der Waals surface area contributed by atoms with E-state index in [0.29, 0.717) is 0 Å². The molecule has 0 aliphatic carbocycles. The summed E-state index contributed by atoms with van der Waals surface area (Å²) in [7, 11) is 0. The van der Waals surface area contributed by atoms with E-state index in [4.69, 9.17) is 5.11 Å². The van der Waals surface area contributed by atoms with Crippen molar-refractivity contribution in [3.63, 3.8) is 0 Å². The highest BCUT2D eigenvalue weighted by molar-refractivity contribution is 5.68. The van der Waals surface area contributed by atoms with Gasteiger partial charge in [0.05, 0.1) is 12.0 Å². The summed E-state index contributed by atoms with van der Waals surface area (Å²) in [6.07, 6.45) is -0.190. The average Bonchev–Trinajstić information content (AvgIpc) is 1.60. The van der Waals surface area contributed by atoms with Gasteiger partial charge < -0.3 is 10.2 Å². The van der Waals surface area contributed by atoms with Gasteiger partial charge in [0.2, 0.25) is 0 Å². The van der Waals surface area contributed by atoms with Gasteiger partial charge in [-0.2, -0.15) is 0 Å². The van der Waals surface area contributed by atoms with Crippen LogP contribution in [-0.2, 0) is 4.79 Å². The molecule has 10 heavy (non-hydrogen) atoms. The lowest BCUT2D eigenvalue weighted by Gasteiger charge is -2.25. The maximum atomic E-state index is 10.2. The van der Waals surface area contributed by atoms with Crippen LogP contribution in [0, 0.1) is 5.92 Å². The molecule has 0 fully saturated rings. The zero-order valence-corrected chi connectivity index (χ0v) is 6.59. The molecule has 1 atom stereocenters. The molecule has 0 unspecified atom stereocenters. The lowest BCUT2D eigenvalue weighted by atomic mass is 9.89. The van der Waals surface area contributed by atoms with Gasteiger partial charge in [-0.3, -0.25) is 4.79 Å². The van der Waals surface area contributed by atoms with Crippen LogP contribution in [0.1, 0.15) is 27.2 Å². The van der Waals surface area contributed by atoms with E-state index < -0.39 is 11.6 Å². The van der Waals surface area contributed by atoms with Gasteiger partial charge in [-0.05, 0) is 12.8 Å². The molecule has 0 saturated heterocycles. The van der Waals surface area contributed by atoms with Gasteiger partial charge in [-0.1, -0.05) is 13.8 Å². The Morgan fingerprint density at radius 3 is 2.10 bits per heavy atom. The van der Waals surface area contributed by atoms with E-state index in [1.54, 1.807) is 13.8 Å². The zero-order chi connectivity index (χ0) is 8.36. The molecular weight excluding hydrogens is 132 g/mol. The molecule has 0 aromatic carbocycles. The maximum Gasteiger partial charge on any atom is 0.306 e. The summed E-state index contributed by atoms with van der Waals surface area (Å²) >= 11 is 0. The number of rotatable bonds is 3. The van der Waals surface area contributed by atoms with Crippen LogP contribution >= 0.6 is 0 Å². The van der Waals surface area contributed by atoms with Gasteiger partial charge in [0.1, 0.15) is 0 Å². The molecule has 0 amide bonds. The minimum Gasteiger partial charge on any atom is -0.481 e. The molecular formula is C7H14O3. The van der Waals surface area contributed by atoms with E-state index in [9.17, 15) is 9.90 Å². The van der Waals surface area contributed by atoms with Crippen LogP contribution in [0.3, 0.4) is 0 Å². The van der Waals surface area contributed by atoms with Crippen molar-refractivity contribution < 1.29 is 15.0 Å². The van der Waals surface area contributed by atoms with Gasteiger partial charge in [0.25, 0.3) is 0 Å². The standard InChI is InChI=1S/C7H14O3/c1-5(2)7(3,10)4-6(8)9/h5,10H,4H2,1-3H3,(H,8,9)/t7-/m1/s1.